The second-order valence-electron chi connectivity index (χ2n) is 8.93. The minimum atomic E-state index is -0.776. The number of hydrogen-bond acceptors (Lipinski definition) is 5. The number of rotatable bonds is 8. The van der Waals surface area contributed by atoms with Crippen molar-refractivity contribution in [1.82, 2.24) is 9.55 Å². The Balaban J connectivity index is 1.37. The Kier molecular flexibility index (Phi) is 6.42. The average Bonchev–Trinajstić information content (AvgIpc) is 3.44. The summed E-state index contributed by atoms with van der Waals surface area (Å²) in [5.41, 5.74) is 3.83. The van der Waals surface area contributed by atoms with Crippen LogP contribution in [0.5, 0.6) is 11.5 Å². The van der Waals surface area contributed by atoms with E-state index in [0.717, 1.165) is 28.1 Å². The number of aromatic nitrogens is 2. The number of imidazole rings is 1. The van der Waals surface area contributed by atoms with Crippen LogP contribution in [0.15, 0.2) is 72.8 Å². The molecule has 0 radical (unpaired) electrons. The summed E-state index contributed by atoms with van der Waals surface area (Å²) in [5.74, 6) is 2.02. The molecule has 7 heteroatoms. The maximum Gasteiger partial charge on any atom is 0.227 e. The third-order valence-corrected chi connectivity index (χ3v) is 6.41. The lowest BCUT2D eigenvalue weighted by Gasteiger charge is -2.19. The van der Waals surface area contributed by atoms with Gasteiger partial charge in [-0.1, -0.05) is 42.0 Å². The molecule has 0 saturated carbocycles. The molecule has 0 aliphatic carbocycles. The Hall–Kier alpha value is -3.84. The van der Waals surface area contributed by atoms with Crippen molar-refractivity contribution in [1.29, 1.82) is 0 Å². The number of nitrogens with zero attached hydrogens (tertiary/aromatic N) is 3. The summed E-state index contributed by atoms with van der Waals surface area (Å²) in [4.78, 5) is 19.6. The molecule has 0 spiro atoms. The van der Waals surface area contributed by atoms with Crippen molar-refractivity contribution < 1.29 is 19.4 Å². The summed E-state index contributed by atoms with van der Waals surface area (Å²) in [6, 6.07) is 23.2. The fourth-order valence-corrected chi connectivity index (χ4v) is 4.64. The van der Waals surface area contributed by atoms with Crippen molar-refractivity contribution in [3.63, 3.8) is 0 Å². The van der Waals surface area contributed by atoms with Crippen LogP contribution in [0.2, 0.25) is 0 Å². The monoisotopic (exact) mass is 471 g/mol. The van der Waals surface area contributed by atoms with Crippen LogP contribution in [0, 0.1) is 6.92 Å². The number of para-hydroxylation sites is 4. The van der Waals surface area contributed by atoms with E-state index in [0.29, 0.717) is 31.0 Å². The molecule has 2 atom stereocenters. The van der Waals surface area contributed by atoms with E-state index in [2.05, 4.69) is 0 Å². The summed E-state index contributed by atoms with van der Waals surface area (Å²) in [7, 11) is 1.59. The number of hydrogen-bond donors (Lipinski definition) is 1. The first kappa shape index (κ1) is 22.9. The van der Waals surface area contributed by atoms with Gasteiger partial charge >= 0.3 is 0 Å². The SMILES string of the molecule is COc1ccccc1OC[C@@H](O)Cn1c([C@H]2CC(=O)N(c3ccc(C)cc3)C2)nc2ccccc21. The second kappa shape index (κ2) is 9.80. The van der Waals surface area contributed by atoms with Crippen molar-refractivity contribution in [2.45, 2.75) is 31.9 Å². The molecular formula is C28H29N3O4. The van der Waals surface area contributed by atoms with E-state index in [-0.39, 0.29) is 18.4 Å². The largest absolute Gasteiger partial charge is 0.493 e. The Morgan fingerprint density at radius 1 is 1.03 bits per heavy atom. The first-order valence-corrected chi connectivity index (χ1v) is 11.8. The molecule has 7 nitrogen and oxygen atoms in total. The molecule has 5 rings (SSSR count). The van der Waals surface area contributed by atoms with Gasteiger partial charge in [-0.15, -0.1) is 0 Å². The number of carbonyl (C=O) groups excluding carboxylic acids is 1. The molecule has 1 aliphatic rings. The van der Waals surface area contributed by atoms with Crippen molar-refractivity contribution in [3.8, 4) is 11.5 Å². The number of aliphatic hydroxyl groups excluding tert-OH is 1. The maximum atomic E-state index is 12.9. The van der Waals surface area contributed by atoms with Gasteiger partial charge in [0, 0.05) is 24.6 Å². The standard InChI is InChI=1S/C28H29N3O4/c1-19-11-13-21(14-12-19)30-16-20(15-27(30)33)28-29-23-7-3-4-8-24(23)31(28)17-22(32)18-35-26-10-6-5-9-25(26)34-2/h3-14,20,22,32H,15-18H2,1-2H3/t20-,22-/m0/s1. The van der Waals surface area contributed by atoms with Gasteiger partial charge < -0.3 is 24.0 Å². The molecule has 35 heavy (non-hydrogen) atoms. The lowest BCUT2D eigenvalue weighted by molar-refractivity contribution is -0.117. The molecule has 1 aliphatic heterocycles. The van der Waals surface area contributed by atoms with Gasteiger partial charge in [0.25, 0.3) is 0 Å². The molecule has 1 fully saturated rings. The van der Waals surface area contributed by atoms with E-state index in [1.54, 1.807) is 7.11 Å². The van der Waals surface area contributed by atoms with E-state index in [4.69, 9.17) is 14.5 Å². The van der Waals surface area contributed by atoms with Gasteiger partial charge in [0.2, 0.25) is 5.91 Å². The van der Waals surface area contributed by atoms with Crippen molar-refractivity contribution in [2.75, 3.05) is 25.2 Å². The van der Waals surface area contributed by atoms with E-state index in [1.165, 1.54) is 0 Å². The number of benzene rings is 3. The van der Waals surface area contributed by atoms with Crippen LogP contribution in [0.1, 0.15) is 23.7 Å². The lowest BCUT2D eigenvalue weighted by atomic mass is 10.1. The number of anilines is 1. The molecule has 2 heterocycles. The number of aryl methyl sites for hydroxylation is 1. The van der Waals surface area contributed by atoms with E-state index < -0.39 is 6.10 Å². The minimum Gasteiger partial charge on any atom is -0.493 e. The van der Waals surface area contributed by atoms with Crippen LogP contribution < -0.4 is 14.4 Å². The van der Waals surface area contributed by atoms with Crippen molar-refractivity contribution >= 4 is 22.6 Å². The minimum absolute atomic E-state index is 0.0708. The third kappa shape index (κ3) is 4.72. The Morgan fingerprint density at radius 2 is 1.74 bits per heavy atom. The Labute approximate surface area is 204 Å². The number of carbonyl (C=O) groups is 1. The Morgan fingerprint density at radius 3 is 2.51 bits per heavy atom. The van der Waals surface area contributed by atoms with E-state index in [1.807, 2.05) is 89.2 Å². The van der Waals surface area contributed by atoms with E-state index in [9.17, 15) is 9.90 Å². The molecular weight excluding hydrogens is 442 g/mol. The quantitative estimate of drug-likeness (QED) is 0.414. The zero-order chi connectivity index (χ0) is 24.4. The number of aliphatic hydroxyl groups is 1. The average molecular weight is 472 g/mol. The van der Waals surface area contributed by atoms with Gasteiger partial charge in [-0.2, -0.15) is 0 Å². The number of amides is 1. The first-order chi connectivity index (χ1) is 17.0. The highest BCUT2D eigenvalue weighted by atomic mass is 16.5. The van der Waals surface area contributed by atoms with Gasteiger partial charge in [0.1, 0.15) is 18.5 Å². The summed E-state index contributed by atoms with van der Waals surface area (Å²) < 4.78 is 13.2. The Bertz CT molecular complexity index is 1330. The zero-order valence-electron chi connectivity index (χ0n) is 19.9. The van der Waals surface area contributed by atoms with Crippen molar-refractivity contribution in [2.24, 2.45) is 0 Å². The highest BCUT2D eigenvalue weighted by molar-refractivity contribution is 5.96. The van der Waals surface area contributed by atoms with Crippen LogP contribution in [0.4, 0.5) is 5.69 Å². The van der Waals surface area contributed by atoms with Gasteiger partial charge in [-0.3, -0.25) is 4.79 Å². The predicted octanol–water partition coefficient (Wildman–Crippen LogP) is 4.31. The van der Waals surface area contributed by atoms with Gasteiger partial charge in [0.15, 0.2) is 11.5 Å². The van der Waals surface area contributed by atoms with Gasteiger partial charge in [-0.05, 0) is 43.3 Å². The van der Waals surface area contributed by atoms with E-state index >= 15 is 0 Å². The molecule has 1 amide bonds. The summed E-state index contributed by atoms with van der Waals surface area (Å²) >= 11 is 0. The third-order valence-electron chi connectivity index (χ3n) is 6.41. The molecule has 1 saturated heterocycles. The summed E-state index contributed by atoms with van der Waals surface area (Å²) in [5, 5.41) is 10.9. The first-order valence-electron chi connectivity index (χ1n) is 11.8. The number of ether oxygens (including phenoxy) is 2. The summed E-state index contributed by atoms with van der Waals surface area (Å²) in [6.07, 6.45) is -0.396. The lowest BCUT2D eigenvalue weighted by Crippen LogP contribution is -2.26. The van der Waals surface area contributed by atoms with Crippen LogP contribution in [-0.4, -0.2) is 46.9 Å². The molecule has 0 unspecified atom stereocenters. The van der Waals surface area contributed by atoms with Crippen LogP contribution in [-0.2, 0) is 11.3 Å². The van der Waals surface area contributed by atoms with Crippen molar-refractivity contribution in [3.05, 3.63) is 84.2 Å². The molecule has 1 aromatic heterocycles. The molecule has 1 N–H and O–H groups in total. The van der Waals surface area contributed by atoms with Crippen LogP contribution in [0.3, 0.4) is 0 Å². The van der Waals surface area contributed by atoms with Crippen LogP contribution in [0.25, 0.3) is 11.0 Å². The van der Waals surface area contributed by atoms with Gasteiger partial charge in [-0.25, -0.2) is 4.98 Å². The van der Waals surface area contributed by atoms with Gasteiger partial charge in [0.05, 0.1) is 24.7 Å². The number of methoxy groups -OCH3 is 1. The molecule has 4 aromatic rings. The molecule has 180 valence electrons. The van der Waals surface area contributed by atoms with Crippen LogP contribution >= 0.6 is 0 Å². The normalized spacial score (nSPS) is 16.6. The fourth-order valence-electron chi connectivity index (χ4n) is 4.64. The highest BCUT2D eigenvalue weighted by Gasteiger charge is 2.35. The number of fused-ring (bicyclic) bond motifs is 1. The molecule has 0 bridgehead atoms. The zero-order valence-corrected chi connectivity index (χ0v) is 19.9. The highest BCUT2D eigenvalue weighted by Crippen LogP contribution is 2.33. The maximum absolute atomic E-state index is 12.9. The smallest absolute Gasteiger partial charge is 0.227 e. The predicted molar refractivity (Wildman–Crippen MR) is 135 cm³/mol. The molecule has 3 aromatic carbocycles. The second-order valence-corrected chi connectivity index (χ2v) is 8.93. The summed E-state index contributed by atoms with van der Waals surface area (Å²) in [6.45, 7) is 2.99. The topological polar surface area (TPSA) is 76.8 Å². The fraction of sp³-hybridized carbons (Fsp3) is 0.286.